The second-order valence-electron chi connectivity index (χ2n) is 6.00. The highest BCUT2D eigenvalue weighted by atomic mass is 32.2. The number of aromatic nitrogens is 3. The molecule has 0 N–H and O–H groups in total. The lowest BCUT2D eigenvalue weighted by Gasteiger charge is -2.10. The summed E-state index contributed by atoms with van der Waals surface area (Å²) < 4.78 is 61.6. The Labute approximate surface area is 174 Å². The fraction of sp³-hybridized carbons (Fsp3) is 0.200. The Morgan fingerprint density at radius 1 is 1.07 bits per heavy atom. The maximum Gasteiger partial charge on any atom is 0.573 e. The number of nitrogens with zero attached hydrogens (tertiary/aromatic N) is 3. The third-order valence-electron chi connectivity index (χ3n) is 3.82. The second kappa shape index (κ2) is 9.66. The molecule has 1 aromatic heterocycles. The molecule has 0 bridgehead atoms. The number of rotatable bonds is 9. The summed E-state index contributed by atoms with van der Waals surface area (Å²) in [5, 5.41) is 8.81. The minimum atomic E-state index is -4.72. The van der Waals surface area contributed by atoms with Gasteiger partial charge in [-0.15, -0.1) is 29.9 Å². The van der Waals surface area contributed by atoms with E-state index in [2.05, 4.69) is 21.5 Å². The van der Waals surface area contributed by atoms with Gasteiger partial charge in [0.1, 0.15) is 12.4 Å². The molecule has 0 amide bonds. The molecule has 0 unspecified atom stereocenters. The molecule has 0 radical (unpaired) electrons. The zero-order valence-corrected chi connectivity index (χ0v) is 16.4. The van der Waals surface area contributed by atoms with Crippen molar-refractivity contribution in [3.63, 3.8) is 0 Å². The summed E-state index contributed by atoms with van der Waals surface area (Å²) in [6.45, 7) is 4.16. The van der Waals surface area contributed by atoms with Crippen molar-refractivity contribution in [2.45, 2.75) is 30.4 Å². The quantitative estimate of drug-likeness (QED) is 0.255. The topological polar surface area (TPSA) is 49.2 Å². The zero-order chi connectivity index (χ0) is 21.6. The zero-order valence-electron chi connectivity index (χ0n) is 15.6. The van der Waals surface area contributed by atoms with Crippen molar-refractivity contribution in [2.75, 3.05) is 0 Å². The first-order valence-electron chi connectivity index (χ1n) is 8.73. The molecule has 158 valence electrons. The molecule has 10 heteroatoms. The highest BCUT2D eigenvalue weighted by Gasteiger charge is 2.30. The second-order valence-corrected chi connectivity index (χ2v) is 6.94. The summed E-state index contributed by atoms with van der Waals surface area (Å²) in [5.41, 5.74) is 0.784. The van der Waals surface area contributed by atoms with Crippen LogP contribution in [0, 0.1) is 5.82 Å². The van der Waals surface area contributed by atoms with E-state index in [1.165, 1.54) is 36.0 Å². The molecule has 3 aromatic rings. The molecule has 0 spiro atoms. The van der Waals surface area contributed by atoms with Crippen LogP contribution in [-0.4, -0.2) is 21.1 Å². The smallest absolute Gasteiger partial charge is 0.483 e. The first-order chi connectivity index (χ1) is 14.4. The lowest BCUT2D eigenvalue weighted by molar-refractivity contribution is -0.274. The molecule has 0 atom stereocenters. The summed E-state index contributed by atoms with van der Waals surface area (Å²) in [5.74, 6) is 0.310. The van der Waals surface area contributed by atoms with Crippen molar-refractivity contribution < 1.29 is 27.0 Å². The normalized spacial score (nSPS) is 11.3. The average molecular weight is 439 g/mol. The van der Waals surface area contributed by atoms with Gasteiger partial charge in [0, 0.05) is 12.3 Å². The van der Waals surface area contributed by atoms with Gasteiger partial charge < -0.3 is 9.47 Å². The van der Waals surface area contributed by atoms with E-state index in [1.54, 1.807) is 34.9 Å². The number of allylic oxidation sites excluding steroid dienone is 1. The molecule has 3 rings (SSSR count). The van der Waals surface area contributed by atoms with E-state index >= 15 is 0 Å². The van der Waals surface area contributed by atoms with Crippen molar-refractivity contribution in [2.24, 2.45) is 0 Å². The molecule has 0 aliphatic heterocycles. The van der Waals surface area contributed by atoms with Gasteiger partial charge in [-0.1, -0.05) is 42.1 Å². The molecule has 0 saturated carbocycles. The number of ether oxygens (including phenoxy) is 2. The number of benzene rings is 2. The monoisotopic (exact) mass is 439 g/mol. The molecular formula is C20H17F4N3O2S. The highest BCUT2D eigenvalue weighted by molar-refractivity contribution is 7.98. The predicted octanol–water partition coefficient (Wildman–Crippen LogP) is 5.37. The number of para-hydroxylation sites is 1. The Bertz CT molecular complexity index is 990. The van der Waals surface area contributed by atoms with E-state index in [4.69, 9.17) is 4.74 Å². The Hall–Kier alpha value is -3.01. The molecule has 0 aliphatic rings. The van der Waals surface area contributed by atoms with E-state index in [-0.39, 0.29) is 18.1 Å². The van der Waals surface area contributed by atoms with Crippen molar-refractivity contribution in [1.29, 1.82) is 0 Å². The van der Waals surface area contributed by atoms with Gasteiger partial charge in [-0.2, -0.15) is 0 Å². The molecule has 1 heterocycles. The van der Waals surface area contributed by atoms with Crippen LogP contribution in [0.5, 0.6) is 11.5 Å². The van der Waals surface area contributed by atoms with E-state index in [9.17, 15) is 17.6 Å². The predicted molar refractivity (Wildman–Crippen MR) is 104 cm³/mol. The Balaban J connectivity index is 1.64. The van der Waals surface area contributed by atoms with Crippen LogP contribution in [0.2, 0.25) is 0 Å². The number of hydrogen-bond acceptors (Lipinski definition) is 5. The molecule has 0 saturated heterocycles. The van der Waals surface area contributed by atoms with Crippen LogP contribution >= 0.6 is 11.8 Å². The van der Waals surface area contributed by atoms with Crippen LogP contribution in [0.25, 0.3) is 0 Å². The first kappa shape index (κ1) is 21.7. The van der Waals surface area contributed by atoms with Crippen LogP contribution in [-0.2, 0) is 18.9 Å². The maximum absolute atomic E-state index is 13.7. The summed E-state index contributed by atoms with van der Waals surface area (Å²) in [7, 11) is 0. The van der Waals surface area contributed by atoms with Crippen LogP contribution in [0.4, 0.5) is 17.6 Å². The maximum atomic E-state index is 13.7. The summed E-state index contributed by atoms with van der Waals surface area (Å²) in [6.07, 6.45) is -3.05. The number of hydrogen-bond donors (Lipinski definition) is 0. The minimum absolute atomic E-state index is 0.0197. The third kappa shape index (κ3) is 5.99. The van der Waals surface area contributed by atoms with Gasteiger partial charge in [-0.25, -0.2) is 4.39 Å². The van der Waals surface area contributed by atoms with Gasteiger partial charge in [0.15, 0.2) is 22.5 Å². The van der Waals surface area contributed by atoms with Gasteiger partial charge >= 0.3 is 6.36 Å². The fourth-order valence-electron chi connectivity index (χ4n) is 2.48. The summed E-state index contributed by atoms with van der Waals surface area (Å²) >= 11 is 1.35. The van der Waals surface area contributed by atoms with E-state index in [1.807, 2.05) is 0 Å². The minimum Gasteiger partial charge on any atom is -0.483 e. The van der Waals surface area contributed by atoms with E-state index in [0.29, 0.717) is 23.3 Å². The van der Waals surface area contributed by atoms with Crippen LogP contribution in [0.3, 0.4) is 0 Å². The average Bonchev–Trinajstić information content (AvgIpc) is 3.08. The Kier molecular flexibility index (Phi) is 6.99. The van der Waals surface area contributed by atoms with Gasteiger partial charge in [-0.3, -0.25) is 4.57 Å². The Morgan fingerprint density at radius 2 is 1.80 bits per heavy atom. The number of thioether (sulfide) groups is 1. The van der Waals surface area contributed by atoms with Crippen molar-refractivity contribution in [1.82, 2.24) is 14.8 Å². The molecule has 30 heavy (non-hydrogen) atoms. The van der Waals surface area contributed by atoms with Crippen LogP contribution < -0.4 is 9.47 Å². The van der Waals surface area contributed by atoms with Gasteiger partial charge in [0.25, 0.3) is 0 Å². The largest absolute Gasteiger partial charge is 0.573 e. The summed E-state index contributed by atoms with van der Waals surface area (Å²) in [6, 6.07) is 11.7. The third-order valence-corrected chi connectivity index (χ3v) is 4.86. The van der Waals surface area contributed by atoms with Crippen LogP contribution in [0.1, 0.15) is 11.4 Å². The number of halogens is 4. The van der Waals surface area contributed by atoms with E-state index in [0.717, 1.165) is 5.56 Å². The standard InChI is InChI=1S/C20H17F4N3O2S/c1-2-11-27-18(12-28-17-6-4-3-5-16(17)21)25-26-19(27)30-13-14-7-9-15(10-8-14)29-20(22,23)24/h2-10H,1,11-13H2. The molecule has 5 nitrogen and oxygen atoms in total. The molecular weight excluding hydrogens is 422 g/mol. The SMILES string of the molecule is C=CCn1c(COc2ccccc2F)nnc1SCc1ccc(OC(F)(F)F)cc1. The highest BCUT2D eigenvalue weighted by Crippen LogP contribution is 2.26. The molecule has 0 aliphatic carbocycles. The van der Waals surface area contributed by atoms with Crippen LogP contribution in [0.15, 0.2) is 66.3 Å². The lowest BCUT2D eigenvalue weighted by atomic mass is 10.2. The summed E-state index contributed by atoms with van der Waals surface area (Å²) in [4.78, 5) is 0. The van der Waals surface area contributed by atoms with Crippen molar-refractivity contribution >= 4 is 11.8 Å². The first-order valence-corrected chi connectivity index (χ1v) is 9.72. The Morgan fingerprint density at radius 3 is 2.47 bits per heavy atom. The van der Waals surface area contributed by atoms with Gasteiger partial charge in [0.05, 0.1) is 0 Å². The van der Waals surface area contributed by atoms with Gasteiger partial charge in [0.2, 0.25) is 0 Å². The number of alkyl halides is 3. The molecule has 2 aromatic carbocycles. The lowest BCUT2D eigenvalue weighted by Crippen LogP contribution is -2.16. The van der Waals surface area contributed by atoms with Gasteiger partial charge in [-0.05, 0) is 29.8 Å². The van der Waals surface area contributed by atoms with Crippen molar-refractivity contribution in [3.05, 3.63) is 78.4 Å². The van der Waals surface area contributed by atoms with Crippen molar-refractivity contribution in [3.8, 4) is 11.5 Å². The fourth-order valence-corrected chi connectivity index (χ4v) is 3.41. The van der Waals surface area contributed by atoms with E-state index < -0.39 is 12.2 Å². The molecule has 0 fully saturated rings.